The minimum Gasteiger partial charge on any atom is -0.474 e. The van der Waals surface area contributed by atoms with Crippen LogP contribution in [0.4, 0.5) is 5.69 Å². The Morgan fingerprint density at radius 2 is 1.73 bits per heavy atom. The summed E-state index contributed by atoms with van der Waals surface area (Å²) in [5.74, 6) is 1.55. The predicted octanol–water partition coefficient (Wildman–Crippen LogP) is 3.37. The lowest BCUT2D eigenvalue weighted by molar-refractivity contribution is 0.204. The van der Waals surface area contributed by atoms with E-state index in [1.54, 1.807) is 6.33 Å². The third-order valence-electron chi connectivity index (χ3n) is 6.14. The first-order valence-corrected chi connectivity index (χ1v) is 10.9. The molecule has 0 amide bonds. The largest absolute Gasteiger partial charge is 0.474 e. The van der Waals surface area contributed by atoms with Crippen molar-refractivity contribution in [1.29, 1.82) is 0 Å². The van der Waals surface area contributed by atoms with Crippen LogP contribution in [0, 0.1) is 6.92 Å². The van der Waals surface area contributed by atoms with Gasteiger partial charge in [-0.25, -0.2) is 19.9 Å². The summed E-state index contributed by atoms with van der Waals surface area (Å²) in [6.45, 7) is 6.83. The molecule has 1 saturated carbocycles. The molecule has 0 N–H and O–H groups in total. The molecule has 3 aromatic rings. The van der Waals surface area contributed by atoms with Gasteiger partial charge in [0.1, 0.15) is 18.3 Å². The lowest BCUT2D eigenvalue weighted by Gasteiger charge is -2.36. The fourth-order valence-electron chi connectivity index (χ4n) is 4.40. The van der Waals surface area contributed by atoms with Crippen molar-refractivity contribution in [3.05, 3.63) is 48.3 Å². The van der Waals surface area contributed by atoms with Gasteiger partial charge in [-0.15, -0.1) is 0 Å². The van der Waals surface area contributed by atoms with Gasteiger partial charge in [-0.05, 0) is 50.8 Å². The summed E-state index contributed by atoms with van der Waals surface area (Å²) < 4.78 is 6.23. The molecule has 1 aliphatic carbocycles. The fraction of sp³-hybridized carbons (Fsp3) is 0.478. The maximum Gasteiger partial charge on any atom is 0.224 e. The highest BCUT2D eigenvalue weighted by Crippen LogP contribution is 2.30. The average Bonchev–Trinajstić information content (AvgIpc) is 3.29. The number of fused-ring (bicyclic) bond motifs is 1. The molecule has 1 aromatic carbocycles. The van der Waals surface area contributed by atoms with Crippen molar-refractivity contribution in [3.8, 4) is 5.88 Å². The molecule has 2 fully saturated rings. The lowest BCUT2D eigenvalue weighted by atomic mass is 10.1. The second kappa shape index (κ2) is 8.52. The molecule has 1 saturated heterocycles. The predicted molar refractivity (Wildman–Crippen MR) is 117 cm³/mol. The zero-order valence-electron chi connectivity index (χ0n) is 17.5. The van der Waals surface area contributed by atoms with Crippen molar-refractivity contribution >= 4 is 16.6 Å². The maximum atomic E-state index is 6.23. The van der Waals surface area contributed by atoms with Crippen LogP contribution >= 0.6 is 0 Å². The number of ether oxygens (including phenoxy) is 1. The van der Waals surface area contributed by atoms with E-state index in [4.69, 9.17) is 4.74 Å². The third kappa shape index (κ3) is 4.21. The Hall–Kier alpha value is -2.80. The topological polar surface area (TPSA) is 67.3 Å². The van der Waals surface area contributed by atoms with Crippen molar-refractivity contribution < 1.29 is 4.74 Å². The van der Waals surface area contributed by atoms with E-state index in [0.29, 0.717) is 6.10 Å². The molecule has 0 unspecified atom stereocenters. The van der Waals surface area contributed by atoms with Crippen molar-refractivity contribution in [2.45, 2.75) is 45.3 Å². The first-order chi connectivity index (χ1) is 14.7. The van der Waals surface area contributed by atoms with Gasteiger partial charge in [-0.2, -0.15) is 0 Å². The second-order valence-electron chi connectivity index (χ2n) is 8.31. The molecule has 0 radical (unpaired) electrons. The van der Waals surface area contributed by atoms with Crippen molar-refractivity contribution in [2.24, 2.45) is 0 Å². The highest BCUT2D eigenvalue weighted by atomic mass is 16.5. The van der Waals surface area contributed by atoms with E-state index >= 15 is 0 Å². The summed E-state index contributed by atoms with van der Waals surface area (Å²) in [6.07, 6.45) is 10.5. The summed E-state index contributed by atoms with van der Waals surface area (Å²) >= 11 is 0. The minimum atomic E-state index is 0.293. The molecule has 7 nitrogen and oxygen atoms in total. The Morgan fingerprint density at radius 1 is 0.967 bits per heavy atom. The Morgan fingerprint density at radius 3 is 2.50 bits per heavy atom. The normalized spacial score (nSPS) is 18.2. The zero-order valence-corrected chi connectivity index (χ0v) is 17.5. The Labute approximate surface area is 177 Å². The number of piperazine rings is 1. The van der Waals surface area contributed by atoms with Crippen LogP contribution in [0.5, 0.6) is 5.88 Å². The van der Waals surface area contributed by atoms with Gasteiger partial charge in [0.2, 0.25) is 5.88 Å². The number of aromatic nitrogens is 4. The summed E-state index contributed by atoms with van der Waals surface area (Å²) in [5, 5.41) is 1.01. The van der Waals surface area contributed by atoms with Gasteiger partial charge in [0.05, 0.1) is 10.9 Å². The summed E-state index contributed by atoms with van der Waals surface area (Å²) in [5.41, 5.74) is 3.33. The van der Waals surface area contributed by atoms with Gasteiger partial charge in [-0.1, -0.05) is 0 Å². The number of nitrogens with zero attached hydrogens (tertiary/aromatic N) is 6. The van der Waals surface area contributed by atoms with Crippen LogP contribution in [0.15, 0.2) is 36.9 Å². The van der Waals surface area contributed by atoms with Crippen molar-refractivity contribution in [2.75, 3.05) is 31.1 Å². The molecule has 5 rings (SSSR count). The molecule has 0 spiro atoms. The molecule has 2 aromatic heterocycles. The van der Waals surface area contributed by atoms with E-state index in [1.165, 1.54) is 24.1 Å². The smallest absolute Gasteiger partial charge is 0.224 e. The Balaban J connectivity index is 1.27. The summed E-state index contributed by atoms with van der Waals surface area (Å²) in [7, 11) is 0. The number of hydrogen-bond acceptors (Lipinski definition) is 7. The van der Waals surface area contributed by atoms with Crippen LogP contribution in [-0.2, 0) is 6.54 Å². The number of rotatable bonds is 5. The molecular weight excluding hydrogens is 376 g/mol. The lowest BCUT2D eigenvalue weighted by Crippen LogP contribution is -2.46. The van der Waals surface area contributed by atoms with Crippen LogP contribution in [0.25, 0.3) is 10.9 Å². The molecule has 156 valence electrons. The van der Waals surface area contributed by atoms with Crippen molar-refractivity contribution in [3.63, 3.8) is 0 Å². The van der Waals surface area contributed by atoms with Crippen LogP contribution < -0.4 is 9.64 Å². The number of anilines is 1. The average molecular weight is 405 g/mol. The summed E-state index contributed by atoms with van der Waals surface area (Å²) in [4.78, 5) is 22.4. The van der Waals surface area contributed by atoms with Crippen molar-refractivity contribution in [1.82, 2.24) is 24.8 Å². The van der Waals surface area contributed by atoms with E-state index < -0.39 is 0 Å². The Bertz CT molecular complexity index is 994. The molecule has 3 heterocycles. The van der Waals surface area contributed by atoms with E-state index in [2.05, 4.69) is 47.9 Å². The number of aryl methyl sites for hydroxylation is 1. The minimum absolute atomic E-state index is 0.293. The van der Waals surface area contributed by atoms with E-state index in [-0.39, 0.29) is 0 Å². The van der Waals surface area contributed by atoms with Gasteiger partial charge >= 0.3 is 0 Å². The number of benzene rings is 1. The van der Waals surface area contributed by atoms with Gasteiger partial charge < -0.3 is 9.64 Å². The van der Waals surface area contributed by atoms with E-state index in [9.17, 15) is 0 Å². The quantitative estimate of drug-likeness (QED) is 0.646. The SMILES string of the molecule is Cc1ncc(CN2CCN(c3ccc4ncnc(OC5CCCC5)c4c3)CC2)cn1. The molecule has 0 atom stereocenters. The van der Waals surface area contributed by atoms with Gasteiger partial charge in [-0.3, -0.25) is 4.90 Å². The van der Waals surface area contributed by atoms with Crippen LogP contribution in [0.3, 0.4) is 0 Å². The highest BCUT2D eigenvalue weighted by molar-refractivity contribution is 5.86. The van der Waals surface area contributed by atoms with Gasteiger partial charge in [0.25, 0.3) is 0 Å². The third-order valence-corrected chi connectivity index (χ3v) is 6.14. The Kier molecular flexibility index (Phi) is 5.45. The van der Waals surface area contributed by atoms with Crippen LogP contribution in [0.1, 0.15) is 37.1 Å². The molecule has 1 aliphatic heterocycles. The first-order valence-electron chi connectivity index (χ1n) is 10.9. The van der Waals surface area contributed by atoms with E-state index in [0.717, 1.165) is 68.2 Å². The molecule has 30 heavy (non-hydrogen) atoms. The summed E-state index contributed by atoms with van der Waals surface area (Å²) in [6, 6.07) is 6.45. The van der Waals surface area contributed by atoms with Crippen LogP contribution in [-0.4, -0.2) is 57.1 Å². The van der Waals surface area contributed by atoms with Gasteiger partial charge in [0.15, 0.2) is 0 Å². The molecule has 0 bridgehead atoms. The molecule has 7 heteroatoms. The monoisotopic (exact) mass is 404 g/mol. The second-order valence-corrected chi connectivity index (χ2v) is 8.31. The fourth-order valence-corrected chi connectivity index (χ4v) is 4.40. The maximum absolute atomic E-state index is 6.23. The molecule has 2 aliphatic rings. The first kappa shape index (κ1) is 19.2. The zero-order chi connectivity index (χ0) is 20.3. The standard InChI is InChI=1S/C23H28N6O/c1-17-24-13-18(14-25-17)15-28-8-10-29(11-9-28)19-6-7-22-21(12-19)23(27-16-26-22)30-20-4-2-3-5-20/h6-7,12-14,16,20H,2-5,8-11,15H2,1H3. The molecular formula is C23H28N6O. The highest BCUT2D eigenvalue weighted by Gasteiger charge is 2.21. The van der Waals surface area contributed by atoms with E-state index in [1.807, 2.05) is 19.3 Å². The van der Waals surface area contributed by atoms with Crippen LogP contribution in [0.2, 0.25) is 0 Å². The number of hydrogen-bond donors (Lipinski definition) is 0. The van der Waals surface area contributed by atoms with Gasteiger partial charge in [0, 0.05) is 56.4 Å².